The topological polar surface area (TPSA) is 26.3 Å². The fraction of sp³-hybridized carbons (Fsp3) is 0.889. The van der Waals surface area contributed by atoms with Crippen LogP contribution in [0.3, 0.4) is 0 Å². The van der Waals surface area contributed by atoms with Crippen molar-refractivity contribution < 1.29 is 9.22 Å². The molecule has 7 atom stereocenters. The molecule has 4 rings (SSSR count). The smallest absolute Gasteiger partial charge is 0.192 e. The Morgan fingerprint density at radius 1 is 1.07 bits per heavy atom. The Balaban J connectivity index is 1.53. The van der Waals surface area contributed by atoms with E-state index in [-0.39, 0.29) is 10.5 Å². The van der Waals surface area contributed by atoms with E-state index in [1.807, 2.05) is 6.92 Å². The van der Waals surface area contributed by atoms with Crippen molar-refractivity contribution in [2.45, 2.75) is 117 Å². The first kappa shape index (κ1) is 22.8. The summed E-state index contributed by atoms with van der Waals surface area (Å²) in [5, 5.41) is 0.281. The Hall–Kier alpha value is -0.413. The molecular formula is C27H46O2Si. The van der Waals surface area contributed by atoms with Gasteiger partial charge in [0.05, 0.1) is 0 Å². The summed E-state index contributed by atoms with van der Waals surface area (Å²) in [7, 11) is -1.71. The van der Waals surface area contributed by atoms with E-state index in [9.17, 15) is 4.79 Å². The number of Topliss-reactive ketones (excluding diaryl/α,β-unsaturated/α-hetero) is 1. The van der Waals surface area contributed by atoms with Crippen LogP contribution in [0.2, 0.25) is 18.1 Å². The minimum atomic E-state index is -1.71. The molecule has 0 aromatic heterocycles. The number of fused-ring (bicyclic) bond motifs is 5. The highest BCUT2D eigenvalue weighted by atomic mass is 28.4. The van der Waals surface area contributed by atoms with Crippen LogP contribution in [0.25, 0.3) is 0 Å². The fourth-order valence-electron chi connectivity index (χ4n) is 7.99. The Morgan fingerprint density at radius 3 is 2.40 bits per heavy atom. The molecule has 3 fully saturated rings. The van der Waals surface area contributed by atoms with Crippen LogP contribution in [0.4, 0.5) is 0 Å². The molecule has 30 heavy (non-hydrogen) atoms. The van der Waals surface area contributed by atoms with Crippen LogP contribution in [0, 0.1) is 34.5 Å². The summed E-state index contributed by atoms with van der Waals surface area (Å²) < 4.78 is 6.86. The third-order valence-corrected chi connectivity index (χ3v) is 15.4. The maximum absolute atomic E-state index is 12.4. The van der Waals surface area contributed by atoms with Gasteiger partial charge in [-0.3, -0.25) is 4.79 Å². The van der Waals surface area contributed by atoms with Gasteiger partial charge in [-0.05, 0) is 105 Å². The van der Waals surface area contributed by atoms with Gasteiger partial charge in [-0.15, -0.1) is 0 Å². The second-order valence-electron chi connectivity index (χ2n) is 13.3. The molecule has 4 aliphatic rings. The number of carbonyl (C=O) groups excluding carboxylic acids is 1. The number of allylic oxidation sites excluding steroid dienone is 1. The van der Waals surface area contributed by atoms with Crippen LogP contribution in [-0.4, -0.2) is 20.2 Å². The van der Waals surface area contributed by atoms with Crippen LogP contribution in [0.15, 0.2) is 11.6 Å². The lowest BCUT2D eigenvalue weighted by molar-refractivity contribution is -0.127. The Morgan fingerprint density at radius 2 is 1.77 bits per heavy atom. The van der Waals surface area contributed by atoms with Crippen LogP contribution >= 0.6 is 0 Å². The van der Waals surface area contributed by atoms with Crippen molar-refractivity contribution in [2.24, 2.45) is 34.5 Å². The Labute approximate surface area is 186 Å². The molecule has 3 saturated carbocycles. The molecule has 0 bridgehead atoms. The summed E-state index contributed by atoms with van der Waals surface area (Å²) in [4.78, 5) is 12.4. The molecule has 4 unspecified atom stereocenters. The summed E-state index contributed by atoms with van der Waals surface area (Å²) in [6, 6.07) is 0. The maximum atomic E-state index is 12.4. The van der Waals surface area contributed by atoms with E-state index in [0.29, 0.717) is 23.2 Å². The number of rotatable bonds is 3. The van der Waals surface area contributed by atoms with E-state index in [1.54, 1.807) is 5.57 Å². The average Bonchev–Trinajstić information content (AvgIpc) is 2.98. The van der Waals surface area contributed by atoms with Crippen LogP contribution < -0.4 is 0 Å². The van der Waals surface area contributed by atoms with Crippen molar-refractivity contribution in [1.82, 2.24) is 0 Å². The van der Waals surface area contributed by atoms with Gasteiger partial charge in [0.2, 0.25) is 0 Å². The standard InChI is InChI=1S/C27H46O2Si/c1-18(28)22-11-12-23-21-10-9-19-17-20(29-30(7,8)25(2,3)4)13-15-26(19,5)24(21)14-16-27(22,23)6/h9,20-24H,10-17H2,1-8H3/t20-,21?,22?,23?,24?,26-,27+/m0/s1. The van der Waals surface area contributed by atoms with E-state index in [2.05, 4.69) is 53.8 Å². The minimum Gasteiger partial charge on any atom is -0.414 e. The van der Waals surface area contributed by atoms with Crippen molar-refractivity contribution in [2.75, 3.05) is 0 Å². The summed E-state index contributed by atoms with van der Waals surface area (Å²) in [6.07, 6.45) is 13.0. The monoisotopic (exact) mass is 430 g/mol. The summed E-state index contributed by atoms with van der Waals surface area (Å²) in [6.45, 7) is 18.7. The van der Waals surface area contributed by atoms with Crippen molar-refractivity contribution in [3.05, 3.63) is 11.6 Å². The largest absolute Gasteiger partial charge is 0.414 e. The van der Waals surface area contributed by atoms with Gasteiger partial charge in [-0.25, -0.2) is 0 Å². The van der Waals surface area contributed by atoms with Crippen molar-refractivity contribution in [1.29, 1.82) is 0 Å². The van der Waals surface area contributed by atoms with E-state index >= 15 is 0 Å². The van der Waals surface area contributed by atoms with Gasteiger partial charge in [-0.2, -0.15) is 0 Å². The molecule has 0 heterocycles. The third-order valence-electron chi connectivity index (χ3n) is 10.8. The summed E-state index contributed by atoms with van der Waals surface area (Å²) in [5.74, 6) is 3.12. The van der Waals surface area contributed by atoms with Gasteiger partial charge in [0.25, 0.3) is 0 Å². The SMILES string of the molecule is CC(=O)C1CCC2C3CC=C4C[C@@H](O[Si](C)(C)C(C)(C)C)CC[C@]4(C)C3CC[C@]12C. The van der Waals surface area contributed by atoms with Crippen LogP contribution in [0.5, 0.6) is 0 Å². The third kappa shape index (κ3) is 3.41. The van der Waals surface area contributed by atoms with Gasteiger partial charge >= 0.3 is 0 Å². The first-order chi connectivity index (χ1) is 13.8. The number of hydrogen-bond donors (Lipinski definition) is 0. The molecule has 3 heteroatoms. The first-order valence-corrected chi connectivity index (χ1v) is 15.6. The molecule has 0 amide bonds. The lowest BCUT2D eigenvalue weighted by atomic mass is 9.47. The van der Waals surface area contributed by atoms with Crippen molar-refractivity contribution in [3.8, 4) is 0 Å². The zero-order chi connectivity index (χ0) is 22.1. The Kier molecular flexibility index (Phi) is 5.54. The summed E-state index contributed by atoms with van der Waals surface area (Å²) in [5.41, 5.74) is 2.34. The van der Waals surface area contributed by atoms with E-state index in [0.717, 1.165) is 30.6 Å². The molecule has 2 nitrogen and oxygen atoms in total. The molecule has 170 valence electrons. The lowest BCUT2D eigenvalue weighted by Gasteiger charge is -2.58. The molecule has 0 aliphatic heterocycles. The molecule has 4 aliphatic carbocycles. The highest BCUT2D eigenvalue weighted by Gasteiger charge is 2.59. The molecule has 0 radical (unpaired) electrons. The molecular weight excluding hydrogens is 384 g/mol. The molecule has 0 spiro atoms. The maximum Gasteiger partial charge on any atom is 0.192 e. The van der Waals surface area contributed by atoms with Gasteiger partial charge in [0.15, 0.2) is 8.32 Å². The second kappa shape index (κ2) is 7.30. The number of hydrogen-bond acceptors (Lipinski definition) is 2. The minimum absolute atomic E-state index is 0.261. The quantitative estimate of drug-likeness (QED) is 0.341. The highest BCUT2D eigenvalue weighted by Crippen LogP contribution is 2.66. The number of ketones is 1. The van der Waals surface area contributed by atoms with Gasteiger partial charge in [0.1, 0.15) is 5.78 Å². The van der Waals surface area contributed by atoms with Gasteiger partial charge in [0, 0.05) is 12.0 Å². The highest BCUT2D eigenvalue weighted by molar-refractivity contribution is 6.74. The molecule has 0 N–H and O–H groups in total. The van der Waals surface area contributed by atoms with E-state index < -0.39 is 8.32 Å². The summed E-state index contributed by atoms with van der Waals surface area (Å²) >= 11 is 0. The molecule has 0 aromatic carbocycles. The molecule has 0 saturated heterocycles. The van der Waals surface area contributed by atoms with Crippen LogP contribution in [-0.2, 0) is 9.22 Å². The average molecular weight is 431 g/mol. The molecule has 0 aromatic rings. The van der Waals surface area contributed by atoms with Crippen LogP contribution in [0.1, 0.15) is 92.9 Å². The fourth-order valence-corrected chi connectivity index (χ4v) is 9.38. The lowest BCUT2D eigenvalue weighted by Crippen LogP contribution is -2.52. The van der Waals surface area contributed by atoms with Gasteiger partial charge in [-0.1, -0.05) is 46.3 Å². The van der Waals surface area contributed by atoms with Crippen molar-refractivity contribution in [3.63, 3.8) is 0 Å². The predicted octanol–water partition coefficient (Wildman–Crippen LogP) is 7.54. The van der Waals surface area contributed by atoms with Crippen molar-refractivity contribution >= 4 is 14.1 Å². The Bertz CT molecular complexity index is 732. The first-order valence-electron chi connectivity index (χ1n) is 12.7. The predicted molar refractivity (Wildman–Crippen MR) is 128 cm³/mol. The zero-order valence-corrected chi connectivity index (χ0v) is 21.9. The van der Waals surface area contributed by atoms with Gasteiger partial charge < -0.3 is 4.43 Å². The van der Waals surface area contributed by atoms with E-state index in [1.165, 1.54) is 38.5 Å². The number of carbonyl (C=O) groups is 1. The van der Waals surface area contributed by atoms with E-state index in [4.69, 9.17) is 4.43 Å². The second-order valence-corrected chi connectivity index (χ2v) is 18.0. The normalized spacial score (nSPS) is 44.0. The zero-order valence-electron chi connectivity index (χ0n) is 20.9.